The summed E-state index contributed by atoms with van der Waals surface area (Å²) in [6.07, 6.45) is 3.42. The average Bonchev–Trinajstić information content (AvgIpc) is 3.26. The van der Waals surface area contributed by atoms with Crippen molar-refractivity contribution in [3.05, 3.63) is 83.8 Å². The molecular formula is C23H19ClN4O3. The fourth-order valence-corrected chi connectivity index (χ4v) is 3.36. The van der Waals surface area contributed by atoms with Gasteiger partial charge in [-0.1, -0.05) is 29.8 Å². The topological polar surface area (TPSA) is 78.3 Å². The second-order valence-corrected chi connectivity index (χ2v) is 6.95. The average molecular weight is 435 g/mol. The molecule has 0 fully saturated rings. The molecule has 156 valence electrons. The standard InChI is InChI=1S/C23H19ClN4O3/c1-30-21-13-22(31-2)18(11-17(21)24)26-23(29)19-12-20(15-7-6-10-25-14-15)28(27-19)16-8-4-3-5-9-16/h3-14H,1-2H3,(H,26,29). The maximum atomic E-state index is 13.0. The summed E-state index contributed by atoms with van der Waals surface area (Å²) in [5, 5.41) is 7.71. The number of ether oxygens (including phenoxy) is 2. The number of nitrogens with one attached hydrogen (secondary N) is 1. The number of hydrogen-bond donors (Lipinski definition) is 1. The van der Waals surface area contributed by atoms with E-state index < -0.39 is 5.91 Å². The second kappa shape index (κ2) is 8.89. The van der Waals surface area contributed by atoms with E-state index in [1.807, 2.05) is 42.5 Å². The number of rotatable bonds is 6. The summed E-state index contributed by atoms with van der Waals surface area (Å²) in [5.41, 5.74) is 3.05. The molecule has 8 heteroatoms. The fraction of sp³-hybridized carbons (Fsp3) is 0.0870. The van der Waals surface area contributed by atoms with E-state index in [-0.39, 0.29) is 5.69 Å². The predicted octanol–water partition coefficient (Wildman–Crippen LogP) is 4.86. The highest BCUT2D eigenvalue weighted by molar-refractivity contribution is 6.32. The van der Waals surface area contributed by atoms with E-state index in [4.69, 9.17) is 21.1 Å². The van der Waals surface area contributed by atoms with E-state index in [0.717, 1.165) is 16.9 Å². The minimum Gasteiger partial charge on any atom is -0.495 e. The van der Waals surface area contributed by atoms with Gasteiger partial charge in [0.05, 0.1) is 36.3 Å². The van der Waals surface area contributed by atoms with Crippen molar-refractivity contribution in [3.63, 3.8) is 0 Å². The van der Waals surface area contributed by atoms with E-state index in [1.54, 1.807) is 35.3 Å². The van der Waals surface area contributed by atoms with Crippen molar-refractivity contribution >= 4 is 23.2 Å². The van der Waals surface area contributed by atoms with Crippen LogP contribution in [0.25, 0.3) is 16.9 Å². The van der Waals surface area contributed by atoms with Crippen molar-refractivity contribution in [3.8, 4) is 28.4 Å². The van der Waals surface area contributed by atoms with Crippen molar-refractivity contribution < 1.29 is 14.3 Å². The number of carbonyl (C=O) groups excluding carboxylic acids is 1. The van der Waals surface area contributed by atoms with E-state index in [1.165, 1.54) is 14.2 Å². The molecule has 2 heterocycles. The van der Waals surface area contributed by atoms with Gasteiger partial charge >= 0.3 is 0 Å². The number of anilines is 1. The predicted molar refractivity (Wildman–Crippen MR) is 119 cm³/mol. The Labute approximate surface area is 184 Å². The van der Waals surface area contributed by atoms with Crippen LogP contribution < -0.4 is 14.8 Å². The third-order valence-corrected chi connectivity index (χ3v) is 4.92. The molecule has 4 rings (SSSR count). The first-order valence-corrected chi connectivity index (χ1v) is 9.77. The Kier molecular flexibility index (Phi) is 5.86. The number of nitrogens with zero attached hydrogens (tertiary/aromatic N) is 3. The smallest absolute Gasteiger partial charge is 0.276 e. The zero-order valence-corrected chi connectivity index (χ0v) is 17.6. The van der Waals surface area contributed by atoms with Crippen LogP contribution in [0.15, 0.2) is 73.1 Å². The number of para-hydroxylation sites is 1. The summed E-state index contributed by atoms with van der Waals surface area (Å²) < 4.78 is 12.3. The third kappa shape index (κ3) is 4.22. The summed E-state index contributed by atoms with van der Waals surface area (Å²) in [4.78, 5) is 17.2. The molecule has 0 saturated carbocycles. The second-order valence-electron chi connectivity index (χ2n) is 6.55. The molecule has 0 atom stereocenters. The first kappa shape index (κ1) is 20.4. The molecule has 0 bridgehead atoms. The van der Waals surface area contributed by atoms with Gasteiger partial charge in [-0.15, -0.1) is 0 Å². The minimum absolute atomic E-state index is 0.233. The van der Waals surface area contributed by atoms with Crippen LogP contribution in [0.3, 0.4) is 0 Å². The molecule has 0 aliphatic heterocycles. The lowest BCUT2D eigenvalue weighted by Gasteiger charge is -2.12. The van der Waals surface area contributed by atoms with Crippen molar-refractivity contribution in [2.45, 2.75) is 0 Å². The van der Waals surface area contributed by atoms with E-state index in [2.05, 4.69) is 15.4 Å². The van der Waals surface area contributed by atoms with E-state index in [9.17, 15) is 4.79 Å². The van der Waals surface area contributed by atoms with Gasteiger partial charge in [0.25, 0.3) is 5.91 Å². The number of carbonyl (C=O) groups is 1. The SMILES string of the molecule is COc1cc(OC)c(NC(=O)c2cc(-c3cccnc3)n(-c3ccccc3)n2)cc1Cl. The molecule has 2 aromatic carbocycles. The maximum Gasteiger partial charge on any atom is 0.276 e. The minimum atomic E-state index is -0.403. The highest BCUT2D eigenvalue weighted by Gasteiger charge is 2.19. The Morgan fingerprint density at radius 2 is 1.77 bits per heavy atom. The highest BCUT2D eigenvalue weighted by atomic mass is 35.5. The Morgan fingerprint density at radius 3 is 2.45 bits per heavy atom. The van der Waals surface area contributed by atoms with Crippen molar-refractivity contribution in [1.82, 2.24) is 14.8 Å². The lowest BCUT2D eigenvalue weighted by Crippen LogP contribution is -2.14. The Bertz CT molecular complexity index is 1150. The Morgan fingerprint density at radius 1 is 1.00 bits per heavy atom. The van der Waals surface area contributed by atoms with Crippen LogP contribution in [0.4, 0.5) is 5.69 Å². The maximum absolute atomic E-state index is 13.0. The van der Waals surface area contributed by atoms with Gasteiger partial charge in [0.2, 0.25) is 0 Å². The number of aromatic nitrogens is 3. The van der Waals surface area contributed by atoms with Gasteiger partial charge in [-0.05, 0) is 36.4 Å². The number of benzene rings is 2. The van der Waals surface area contributed by atoms with Gasteiger partial charge in [0, 0.05) is 24.0 Å². The summed E-state index contributed by atoms with van der Waals surface area (Å²) >= 11 is 6.22. The van der Waals surface area contributed by atoms with Gasteiger partial charge in [-0.2, -0.15) is 5.10 Å². The summed E-state index contributed by atoms with van der Waals surface area (Å²) in [7, 11) is 3.01. The summed E-state index contributed by atoms with van der Waals surface area (Å²) in [5.74, 6) is 0.465. The Hall–Kier alpha value is -3.84. The lowest BCUT2D eigenvalue weighted by atomic mass is 10.2. The first-order valence-electron chi connectivity index (χ1n) is 9.39. The van der Waals surface area contributed by atoms with Crippen LogP contribution in [0.5, 0.6) is 11.5 Å². The molecule has 2 aromatic heterocycles. The molecule has 31 heavy (non-hydrogen) atoms. The van der Waals surface area contributed by atoms with Crippen LogP contribution >= 0.6 is 11.6 Å². The van der Waals surface area contributed by atoms with Gasteiger partial charge < -0.3 is 14.8 Å². The zero-order chi connectivity index (χ0) is 21.8. The number of hydrogen-bond acceptors (Lipinski definition) is 5. The summed E-state index contributed by atoms with van der Waals surface area (Å²) in [6, 6.07) is 18.2. The molecule has 4 aromatic rings. The normalized spacial score (nSPS) is 10.5. The van der Waals surface area contributed by atoms with Crippen molar-refractivity contribution in [2.75, 3.05) is 19.5 Å². The summed E-state index contributed by atoms with van der Waals surface area (Å²) in [6.45, 7) is 0. The number of amides is 1. The fourth-order valence-electron chi connectivity index (χ4n) is 3.12. The van der Waals surface area contributed by atoms with Crippen LogP contribution in [0.2, 0.25) is 5.02 Å². The number of halogens is 1. The van der Waals surface area contributed by atoms with Gasteiger partial charge in [-0.25, -0.2) is 4.68 Å². The molecule has 1 amide bonds. The van der Waals surface area contributed by atoms with Crippen LogP contribution in [-0.4, -0.2) is 34.9 Å². The zero-order valence-electron chi connectivity index (χ0n) is 16.9. The van der Waals surface area contributed by atoms with Gasteiger partial charge in [-0.3, -0.25) is 9.78 Å². The molecule has 0 aliphatic carbocycles. The van der Waals surface area contributed by atoms with Crippen LogP contribution in [-0.2, 0) is 0 Å². The molecule has 7 nitrogen and oxygen atoms in total. The molecule has 0 radical (unpaired) electrons. The van der Waals surface area contributed by atoms with Gasteiger partial charge in [0.1, 0.15) is 11.5 Å². The highest BCUT2D eigenvalue weighted by Crippen LogP contribution is 2.36. The third-order valence-electron chi connectivity index (χ3n) is 4.62. The van der Waals surface area contributed by atoms with E-state index >= 15 is 0 Å². The Balaban J connectivity index is 1.73. The number of methoxy groups -OCH3 is 2. The van der Waals surface area contributed by atoms with Crippen LogP contribution in [0.1, 0.15) is 10.5 Å². The first-order chi connectivity index (χ1) is 15.1. The van der Waals surface area contributed by atoms with Gasteiger partial charge in [0.15, 0.2) is 5.69 Å². The van der Waals surface area contributed by atoms with Crippen molar-refractivity contribution in [2.24, 2.45) is 0 Å². The molecule has 0 aliphatic rings. The quantitative estimate of drug-likeness (QED) is 0.469. The lowest BCUT2D eigenvalue weighted by molar-refractivity contribution is 0.102. The molecular weight excluding hydrogens is 416 g/mol. The van der Waals surface area contributed by atoms with Crippen LogP contribution in [0, 0.1) is 0 Å². The largest absolute Gasteiger partial charge is 0.495 e. The molecule has 0 spiro atoms. The van der Waals surface area contributed by atoms with Crippen molar-refractivity contribution in [1.29, 1.82) is 0 Å². The molecule has 0 unspecified atom stereocenters. The van der Waals surface area contributed by atoms with E-state index in [0.29, 0.717) is 22.2 Å². The number of pyridine rings is 1. The molecule has 1 N–H and O–H groups in total. The monoisotopic (exact) mass is 434 g/mol. The molecule has 0 saturated heterocycles.